The predicted molar refractivity (Wildman–Crippen MR) is 72.4 cm³/mol. The van der Waals surface area contributed by atoms with Crippen LogP contribution in [0, 0.1) is 0 Å². The van der Waals surface area contributed by atoms with Gasteiger partial charge in [0.2, 0.25) is 0 Å². The average molecular weight is 285 g/mol. The SMILES string of the molecule is O=C(NC1CCN2CCCC2C1)NC(CCO)C(=O)O. The summed E-state index contributed by atoms with van der Waals surface area (Å²) in [6.07, 6.45) is 4.26. The summed E-state index contributed by atoms with van der Waals surface area (Å²) >= 11 is 0. The maximum Gasteiger partial charge on any atom is 0.326 e. The summed E-state index contributed by atoms with van der Waals surface area (Å²) in [5.41, 5.74) is 0. The highest BCUT2D eigenvalue weighted by Crippen LogP contribution is 2.26. The van der Waals surface area contributed by atoms with Crippen molar-refractivity contribution < 1.29 is 19.8 Å². The van der Waals surface area contributed by atoms with E-state index in [2.05, 4.69) is 15.5 Å². The summed E-state index contributed by atoms with van der Waals surface area (Å²) in [6, 6.07) is -0.825. The summed E-state index contributed by atoms with van der Waals surface area (Å²) in [5, 5.41) is 23.0. The maximum absolute atomic E-state index is 11.8. The number of amides is 2. The predicted octanol–water partition coefficient (Wildman–Crippen LogP) is -0.252. The Morgan fingerprint density at radius 2 is 2.10 bits per heavy atom. The number of nitrogens with zero attached hydrogens (tertiary/aromatic N) is 1. The number of hydrogen-bond acceptors (Lipinski definition) is 4. The second-order valence-electron chi connectivity index (χ2n) is 5.57. The van der Waals surface area contributed by atoms with Gasteiger partial charge in [-0.15, -0.1) is 0 Å². The maximum atomic E-state index is 11.8. The van der Waals surface area contributed by atoms with E-state index in [-0.39, 0.29) is 19.1 Å². The third kappa shape index (κ3) is 3.83. The molecule has 3 atom stereocenters. The number of aliphatic hydroxyl groups is 1. The summed E-state index contributed by atoms with van der Waals surface area (Å²) in [6.45, 7) is 1.88. The standard InChI is InChI=1S/C13H23N3O4/c17-7-4-11(12(18)19)15-13(20)14-9-3-6-16-5-1-2-10(16)8-9/h9-11,17H,1-8H2,(H,18,19)(H2,14,15,20). The lowest BCUT2D eigenvalue weighted by Crippen LogP contribution is -2.53. The first-order valence-electron chi connectivity index (χ1n) is 7.25. The van der Waals surface area contributed by atoms with Gasteiger partial charge >= 0.3 is 12.0 Å². The van der Waals surface area contributed by atoms with Gasteiger partial charge < -0.3 is 25.7 Å². The topological polar surface area (TPSA) is 102 Å². The number of aliphatic hydroxyl groups excluding tert-OH is 1. The normalized spacial score (nSPS) is 27.6. The van der Waals surface area contributed by atoms with Gasteiger partial charge in [0.15, 0.2) is 0 Å². The lowest BCUT2D eigenvalue weighted by atomic mass is 9.98. The van der Waals surface area contributed by atoms with E-state index in [0.717, 1.165) is 25.9 Å². The molecule has 0 aromatic carbocycles. The molecule has 2 heterocycles. The fourth-order valence-corrected chi connectivity index (χ4v) is 3.13. The Kier molecular flexibility index (Phi) is 5.19. The van der Waals surface area contributed by atoms with Crippen molar-refractivity contribution in [1.29, 1.82) is 0 Å². The van der Waals surface area contributed by atoms with Gasteiger partial charge in [0.1, 0.15) is 6.04 Å². The number of carboxylic acid groups (broad SMARTS) is 1. The Morgan fingerprint density at radius 1 is 1.30 bits per heavy atom. The van der Waals surface area contributed by atoms with Crippen molar-refractivity contribution in [3.8, 4) is 0 Å². The Morgan fingerprint density at radius 3 is 2.80 bits per heavy atom. The second-order valence-corrected chi connectivity index (χ2v) is 5.57. The minimum atomic E-state index is -1.13. The zero-order valence-corrected chi connectivity index (χ0v) is 11.5. The van der Waals surface area contributed by atoms with Gasteiger partial charge in [-0.05, 0) is 32.2 Å². The highest BCUT2D eigenvalue weighted by atomic mass is 16.4. The molecule has 3 unspecified atom stereocenters. The van der Waals surface area contributed by atoms with Crippen LogP contribution in [0.5, 0.6) is 0 Å². The largest absolute Gasteiger partial charge is 0.480 e. The third-order valence-electron chi connectivity index (χ3n) is 4.18. The van der Waals surface area contributed by atoms with Crippen molar-refractivity contribution in [2.45, 2.75) is 50.2 Å². The molecule has 0 spiro atoms. The van der Waals surface area contributed by atoms with Crippen LogP contribution in [-0.2, 0) is 4.79 Å². The van der Waals surface area contributed by atoms with Crippen LogP contribution in [0.2, 0.25) is 0 Å². The number of carboxylic acids is 1. The van der Waals surface area contributed by atoms with Crippen LogP contribution in [0.15, 0.2) is 0 Å². The van der Waals surface area contributed by atoms with Crippen molar-refractivity contribution >= 4 is 12.0 Å². The van der Waals surface area contributed by atoms with Crippen LogP contribution < -0.4 is 10.6 Å². The van der Waals surface area contributed by atoms with E-state index < -0.39 is 18.0 Å². The molecule has 2 amide bonds. The van der Waals surface area contributed by atoms with Crippen LogP contribution in [0.25, 0.3) is 0 Å². The number of rotatable bonds is 5. The Balaban J connectivity index is 1.77. The number of fused-ring (bicyclic) bond motifs is 1. The summed E-state index contributed by atoms with van der Waals surface area (Å²) < 4.78 is 0. The lowest BCUT2D eigenvalue weighted by molar-refractivity contribution is -0.139. The third-order valence-corrected chi connectivity index (χ3v) is 4.18. The van der Waals surface area contributed by atoms with Crippen molar-refractivity contribution in [3.05, 3.63) is 0 Å². The summed E-state index contributed by atoms with van der Waals surface area (Å²) in [4.78, 5) is 25.2. The van der Waals surface area contributed by atoms with Crippen molar-refractivity contribution in [2.75, 3.05) is 19.7 Å². The molecule has 114 valence electrons. The minimum absolute atomic E-state index is 0.0177. The molecule has 0 saturated carbocycles. The Labute approximate surface area is 118 Å². The molecule has 2 fully saturated rings. The molecule has 0 aromatic heterocycles. The van der Waals surface area contributed by atoms with E-state index in [1.807, 2.05) is 0 Å². The first-order valence-corrected chi connectivity index (χ1v) is 7.25. The monoisotopic (exact) mass is 285 g/mol. The van der Waals surface area contributed by atoms with Gasteiger partial charge in [0.25, 0.3) is 0 Å². The molecule has 20 heavy (non-hydrogen) atoms. The molecule has 7 heteroatoms. The molecule has 4 N–H and O–H groups in total. The van der Waals surface area contributed by atoms with Gasteiger partial charge in [-0.1, -0.05) is 0 Å². The molecule has 2 aliphatic rings. The van der Waals surface area contributed by atoms with Gasteiger partial charge in [0.05, 0.1) is 0 Å². The van der Waals surface area contributed by atoms with Crippen molar-refractivity contribution in [2.24, 2.45) is 0 Å². The highest BCUT2D eigenvalue weighted by Gasteiger charge is 2.32. The second kappa shape index (κ2) is 6.90. The van der Waals surface area contributed by atoms with E-state index in [4.69, 9.17) is 10.2 Å². The van der Waals surface area contributed by atoms with Crippen LogP contribution in [-0.4, -0.2) is 64.9 Å². The van der Waals surface area contributed by atoms with E-state index in [9.17, 15) is 9.59 Å². The van der Waals surface area contributed by atoms with Crippen molar-refractivity contribution in [3.63, 3.8) is 0 Å². The van der Waals surface area contributed by atoms with Gasteiger partial charge in [0, 0.05) is 31.7 Å². The number of hydrogen-bond donors (Lipinski definition) is 4. The molecular formula is C13H23N3O4. The van der Waals surface area contributed by atoms with E-state index in [0.29, 0.717) is 6.04 Å². The summed E-state index contributed by atoms with van der Waals surface area (Å²) in [7, 11) is 0. The van der Waals surface area contributed by atoms with E-state index >= 15 is 0 Å². The molecule has 0 aliphatic carbocycles. The Bertz CT molecular complexity index is 364. The smallest absolute Gasteiger partial charge is 0.326 e. The van der Waals surface area contributed by atoms with Gasteiger partial charge in [-0.25, -0.2) is 9.59 Å². The first kappa shape index (κ1) is 15.1. The molecule has 0 aromatic rings. The number of carbonyl (C=O) groups is 2. The van der Waals surface area contributed by atoms with Gasteiger partial charge in [-0.3, -0.25) is 0 Å². The zero-order chi connectivity index (χ0) is 14.5. The van der Waals surface area contributed by atoms with Crippen LogP contribution in [0.1, 0.15) is 32.1 Å². The lowest BCUT2D eigenvalue weighted by Gasteiger charge is -2.35. The molecule has 2 saturated heterocycles. The molecule has 0 bridgehead atoms. The Hall–Kier alpha value is -1.34. The molecule has 2 aliphatic heterocycles. The van der Waals surface area contributed by atoms with E-state index in [1.165, 1.54) is 12.8 Å². The fourth-order valence-electron chi connectivity index (χ4n) is 3.13. The molecule has 7 nitrogen and oxygen atoms in total. The molecule has 0 radical (unpaired) electrons. The number of aliphatic carboxylic acids is 1. The van der Waals surface area contributed by atoms with Crippen LogP contribution in [0.3, 0.4) is 0 Å². The number of urea groups is 1. The quantitative estimate of drug-likeness (QED) is 0.558. The minimum Gasteiger partial charge on any atom is -0.480 e. The highest BCUT2D eigenvalue weighted by molar-refractivity contribution is 5.82. The van der Waals surface area contributed by atoms with Crippen LogP contribution >= 0.6 is 0 Å². The van der Waals surface area contributed by atoms with E-state index in [1.54, 1.807) is 0 Å². The molecular weight excluding hydrogens is 262 g/mol. The average Bonchev–Trinajstić information content (AvgIpc) is 2.85. The first-order chi connectivity index (χ1) is 9.60. The summed E-state index contributed by atoms with van der Waals surface area (Å²) in [5.74, 6) is -1.13. The van der Waals surface area contributed by atoms with Crippen LogP contribution in [0.4, 0.5) is 4.79 Å². The number of piperidine rings is 1. The number of carbonyl (C=O) groups excluding carboxylic acids is 1. The fraction of sp³-hybridized carbons (Fsp3) is 0.846. The van der Waals surface area contributed by atoms with Gasteiger partial charge in [-0.2, -0.15) is 0 Å². The zero-order valence-electron chi connectivity index (χ0n) is 11.5. The molecule has 2 rings (SSSR count). The number of nitrogens with one attached hydrogen (secondary N) is 2. The van der Waals surface area contributed by atoms with Crippen molar-refractivity contribution in [1.82, 2.24) is 15.5 Å².